The minimum absolute atomic E-state index is 0.100. The molecule has 3 rings (SSSR count). The van der Waals surface area contributed by atoms with Crippen LogP contribution < -0.4 is 10.2 Å². The fraction of sp³-hybridized carbons (Fsp3) is 0.286. The molecule has 7 nitrogen and oxygen atoms in total. The molecule has 1 fully saturated rings. The Morgan fingerprint density at radius 2 is 1.81 bits per heavy atom. The number of anilines is 2. The lowest BCUT2D eigenvalue weighted by molar-refractivity contribution is 0.208. The van der Waals surface area contributed by atoms with Gasteiger partial charge in [0.15, 0.2) is 0 Å². The highest BCUT2D eigenvalue weighted by molar-refractivity contribution is 5.89. The summed E-state index contributed by atoms with van der Waals surface area (Å²) < 4.78 is 0. The van der Waals surface area contributed by atoms with Gasteiger partial charge in [0.2, 0.25) is 5.95 Å². The largest absolute Gasteiger partial charge is 0.337 e. The van der Waals surface area contributed by atoms with E-state index in [-0.39, 0.29) is 6.03 Å². The van der Waals surface area contributed by atoms with Crippen LogP contribution in [0.1, 0.15) is 0 Å². The van der Waals surface area contributed by atoms with Gasteiger partial charge < -0.3 is 15.1 Å². The maximum absolute atomic E-state index is 12.1. The third-order valence-corrected chi connectivity index (χ3v) is 3.31. The van der Waals surface area contributed by atoms with E-state index < -0.39 is 0 Å². The van der Waals surface area contributed by atoms with Gasteiger partial charge in [0.25, 0.3) is 0 Å². The number of pyridine rings is 1. The Balaban J connectivity index is 1.55. The molecule has 0 spiro atoms. The van der Waals surface area contributed by atoms with Crippen LogP contribution in [0, 0.1) is 0 Å². The first-order valence-electron chi connectivity index (χ1n) is 6.81. The summed E-state index contributed by atoms with van der Waals surface area (Å²) in [6, 6.07) is 5.30. The van der Waals surface area contributed by atoms with Crippen molar-refractivity contribution in [2.24, 2.45) is 0 Å². The van der Waals surface area contributed by atoms with E-state index in [1.54, 1.807) is 41.8 Å². The Kier molecular flexibility index (Phi) is 3.90. The minimum Gasteiger partial charge on any atom is -0.337 e. The van der Waals surface area contributed by atoms with Gasteiger partial charge >= 0.3 is 6.03 Å². The van der Waals surface area contributed by atoms with E-state index >= 15 is 0 Å². The first-order chi connectivity index (χ1) is 10.3. The van der Waals surface area contributed by atoms with E-state index in [9.17, 15) is 4.79 Å². The maximum Gasteiger partial charge on any atom is 0.322 e. The standard InChI is InChI=1S/C14H16N6O/c21-14(18-12-3-1-4-15-11-12)20-9-7-19(8-10-20)13-16-5-2-6-17-13/h1-6,11H,7-10H2,(H,18,21). The Morgan fingerprint density at radius 1 is 1.05 bits per heavy atom. The number of amides is 2. The van der Waals surface area contributed by atoms with Crippen LogP contribution in [0.2, 0.25) is 0 Å². The van der Waals surface area contributed by atoms with Crippen molar-refractivity contribution in [1.82, 2.24) is 19.9 Å². The van der Waals surface area contributed by atoms with Crippen LogP contribution in [0.25, 0.3) is 0 Å². The number of carbonyl (C=O) groups excluding carboxylic acids is 1. The number of rotatable bonds is 2. The van der Waals surface area contributed by atoms with E-state index in [1.165, 1.54) is 0 Å². The fourth-order valence-electron chi connectivity index (χ4n) is 2.20. The van der Waals surface area contributed by atoms with Crippen LogP contribution in [-0.2, 0) is 0 Å². The molecule has 2 amide bonds. The van der Waals surface area contributed by atoms with Crippen molar-refractivity contribution in [1.29, 1.82) is 0 Å². The second-order valence-corrected chi connectivity index (χ2v) is 4.69. The van der Waals surface area contributed by atoms with Crippen molar-refractivity contribution in [2.45, 2.75) is 0 Å². The monoisotopic (exact) mass is 284 g/mol. The second-order valence-electron chi connectivity index (χ2n) is 4.69. The molecule has 1 aliphatic rings. The van der Waals surface area contributed by atoms with Crippen LogP contribution in [0.3, 0.4) is 0 Å². The smallest absolute Gasteiger partial charge is 0.322 e. The second kappa shape index (κ2) is 6.17. The van der Waals surface area contributed by atoms with Gasteiger partial charge in [-0.25, -0.2) is 14.8 Å². The van der Waals surface area contributed by atoms with Crippen LogP contribution >= 0.6 is 0 Å². The van der Waals surface area contributed by atoms with E-state index in [4.69, 9.17) is 0 Å². The van der Waals surface area contributed by atoms with Gasteiger partial charge in [-0.3, -0.25) is 4.98 Å². The fourth-order valence-corrected chi connectivity index (χ4v) is 2.20. The normalized spacial score (nSPS) is 14.9. The third-order valence-electron chi connectivity index (χ3n) is 3.31. The predicted molar refractivity (Wildman–Crippen MR) is 79.1 cm³/mol. The topological polar surface area (TPSA) is 74.2 Å². The first-order valence-corrected chi connectivity index (χ1v) is 6.81. The average molecular weight is 284 g/mol. The summed E-state index contributed by atoms with van der Waals surface area (Å²) in [5.74, 6) is 0.713. The number of hydrogen-bond donors (Lipinski definition) is 1. The zero-order chi connectivity index (χ0) is 14.5. The number of carbonyl (C=O) groups is 1. The Bertz CT molecular complexity index is 583. The van der Waals surface area contributed by atoms with Gasteiger partial charge in [-0.15, -0.1) is 0 Å². The molecule has 3 heterocycles. The van der Waals surface area contributed by atoms with Crippen molar-refractivity contribution in [2.75, 3.05) is 36.4 Å². The third kappa shape index (κ3) is 3.25. The van der Waals surface area contributed by atoms with Gasteiger partial charge in [-0.05, 0) is 18.2 Å². The summed E-state index contributed by atoms with van der Waals surface area (Å²) >= 11 is 0. The van der Waals surface area contributed by atoms with Gasteiger partial charge in [0.05, 0.1) is 11.9 Å². The lowest BCUT2D eigenvalue weighted by Crippen LogP contribution is -2.50. The molecule has 0 atom stereocenters. The summed E-state index contributed by atoms with van der Waals surface area (Å²) in [4.78, 5) is 28.4. The van der Waals surface area contributed by atoms with Crippen LogP contribution in [-0.4, -0.2) is 52.1 Å². The molecule has 21 heavy (non-hydrogen) atoms. The van der Waals surface area contributed by atoms with Gasteiger partial charge in [0, 0.05) is 44.8 Å². The zero-order valence-corrected chi connectivity index (χ0v) is 11.5. The summed E-state index contributed by atoms with van der Waals surface area (Å²) in [6.07, 6.45) is 6.76. The molecule has 2 aromatic heterocycles. The van der Waals surface area contributed by atoms with Gasteiger partial charge in [0.1, 0.15) is 0 Å². The number of nitrogens with one attached hydrogen (secondary N) is 1. The number of nitrogens with zero attached hydrogens (tertiary/aromatic N) is 5. The molecule has 7 heteroatoms. The SMILES string of the molecule is O=C(Nc1cccnc1)N1CCN(c2ncccn2)CC1. The van der Waals surface area contributed by atoms with Gasteiger partial charge in [-0.1, -0.05) is 0 Å². The van der Waals surface area contributed by atoms with Crippen LogP contribution in [0.15, 0.2) is 43.0 Å². The molecule has 2 aromatic rings. The Morgan fingerprint density at radius 3 is 2.48 bits per heavy atom. The summed E-state index contributed by atoms with van der Waals surface area (Å²) in [7, 11) is 0. The average Bonchev–Trinajstić information content (AvgIpc) is 2.57. The summed E-state index contributed by atoms with van der Waals surface area (Å²) in [5, 5.41) is 2.84. The number of hydrogen-bond acceptors (Lipinski definition) is 5. The molecule has 1 aliphatic heterocycles. The first kappa shape index (κ1) is 13.3. The molecular formula is C14H16N6O. The molecular weight excluding hydrogens is 268 g/mol. The van der Waals surface area contributed by atoms with Gasteiger partial charge in [-0.2, -0.15) is 0 Å². The van der Waals surface area contributed by atoms with E-state index in [2.05, 4.69) is 25.2 Å². The molecule has 0 aliphatic carbocycles. The lowest BCUT2D eigenvalue weighted by Gasteiger charge is -2.34. The molecule has 0 saturated carbocycles. The number of piperazine rings is 1. The summed E-state index contributed by atoms with van der Waals surface area (Å²) in [5.41, 5.74) is 0.705. The predicted octanol–water partition coefficient (Wildman–Crippen LogP) is 1.23. The van der Waals surface area contributed by atoms with Crippen molar-refractivity contribution in [3.8, 4) is 0 Å². The highest BCUT2D eigenvalue weighted by atomic mass is 16.2. The molecule has 0 bridgehead atoms. The molecule has 1 N–H and O–H groups in total. The van der Waals surface area contributed by atoms with E-state index in [1.807, 2.05) is 6.07 Å². The molecule has 1 saturated heterocycles. The quantitative estimate of drug-likeness (QED) is 0.897. The van der Waals surface area contributed by atoms with Crippen molar-refractivity contribution < 1.29 is 4.79 Å². The molecule has 0 radical (unpaired) electrons. The number of aromatic nitrogens is 3. The van der Waals surface area contributed by atoms with Crippen molar-refractivity contribution in [3.05, 3.63) is 43.0 Å². The lowest BCUT2D eigenvalue weighted by atomic mass is 10.3. The van der Waals surface area contributed by atoms with E-state index in [0.717, 1.165) is 13.1 Å². The molecule has 0 aromatic carbocycles. The minimum atomic E-state index is -0.100. The number of urea groups is 1. The maximum atomic E-state index is 12.1. The highest BCUT2D eigenvalue weighted by Gasteiger charge is 2.22. The van der Waals surface area contributed by atoms with Crippen LogP contribution in [0.5, 0.6) is 0 Å². The Labute approximate surface area is 122 Å². The van der Waals surface area contributed by atoms with E-state index in [0.29, 0.717) is 24.7 Å². The molecule has 0 unspecified atom stereocenters. The zero-order valence-electron chi connectivity index (χ0n) is 11.5. The summed E-state index contributed by atoms with van der Waals surface area (Å²) in [6.45, 7) is 2.74. The van der Waals surface area contributed by atoms with Crippen molar-refractivity contribution in [3.63, 3.8) is 0 Å². The van der Waals surface area contributed by atoms with Crippen molar-refractivity contribution >= 4 is 17.7 Å². The Hall–Kier alpha value is -2.70. The molecule has 108 valence electrons. The van der Waals surface area contributed by atoms with Crippen LogP contribution in [0.4, 0.5) is 16.4 Å². The highest BCUT2D eigenvalue weighted by Crippen LogP contribution is 2.11.